The van der Waals surface area contributed by atoms with E-state index in [0.717, 1.165) is 31.6 Å². The first-order valence-electron chi connectivity index (χ1n) is 7.50. The molecule has 106 valence electrons. The number of rotatable bonds is 8. The summed E-state index contributed by atoms with van der Waals surface area (Å²) in [6.45, 7) is 7.55. The Morgan fingerprint density at radius 3 is 2.74 bits per heavy atom. The van der Waals surface area contributed by atoms with Crippen molar-refractivity contribution in [3.8, 4) is 0 Å². The van der Waals surface area contributed by atoms with Crippen LogP contribution in [0.15, 0.2) is 18.2 Å². The van der Waals surface area contributed by atoms with Crippen LogP contribution in [0.25, 0.3) is 0 Å². The van der Waals surface area contributed by atoms with Crippen LogP contribution in [0.2, 0.25) is 0 Å². The Hall–Kier alpha value is -0.930. The third-order valence-electron chi connectivity index (χ3n) is 3.53. The lowest BCUT2D eigenvalue weighted by atomic mass is 10.1. The second kappa shape index (κ2) is 7.01. The van der Waals surface area contributed by atoms with Crippen molar-refractivity contribution < 1.29 is 0 Å². The smallest absolute Gasteiger partial charge is 0.0547 e. The molecule has 0 spiro atoms. The van der Waals surface area contributed by atoms with Gasteiger partial charge in [-0.2, -0.15) is 0 Å². The van der Waals surface area contributed by atoms with Crippen LogP contribution in [-0.2, 0) is 13.1 Å². The van der Waals surface area contributed by atoms with Crippen LogP contribution in [0.1, 0.15) is 44.5 Å². The molecule has 19 heavy (non-hydrogen) atoms. The van der Waals surface area contributed by atoms with Gasteiger partial charge in [0.05, 0.1) is 11.4 Å². The van der Waals surface area contributed by atoms with Gasteiger partial charge < -0.3 is 10.2 Å². The van der Waals surface area contributed by atoms with Gasteiger partial charge in [0, 0.05) is 19.1 Å². The molecule has 0 unspecified atom stereocenters. The van der Waals surface area contributed by atoms with Crippen LogP contribution in [0, 0.1) is 5.92 Å². The Labute approximate surface area is 117 Å². The summed E-state index contributed by atoms with van der Waals surface area (Å²) in [7, 11) is 2.18. The Morgan fingerprint density at radius 1 is 1.32 bits per heavy atom. The van der Waals surface area contributed by atoms with E-state index in [4.69, 9.17) is 4.98 Å². The largest absolute Gasteiger partial charge is 0.308 e. The third-order valence-corrected chi connectivity index (χ3v) is 3.53. The van der Waals surface area contributed by atoms with Gasteiger partial charge in [-0.1, -0.05) is 19.9 Å². The molecule has 1 saturated carbocycles. The first-order chi connectivity index (χ1) is 9.13. The van der Waals surface area contributed by atoms with Crippen LogP contribution in [-0.4, -0.2) is 29.5 Å². The van der Waals surface area contributed by atoms with Crippen LogP contribution < -0.4 is 5.32 Å². The minimum atomic E-state index is 0.749. The summed E-state index contributed by atoms with van der Waals surface area (Å²) in [6, 6.07) is 7.13. The molecule has 3 nitrogen and oxygen atoms in total. The van der Waals surface area contributed by atoms with Crippen molar-refractivity contribution in [2.24, 2.45) is 5.92 Å². The van der Waals surface area contributed by atoms with Crippen molar-refractivity contribution in [2.45, 2.75) is 52.2 Å². The van der Waals surface area contributed by atoms with Crippen molar-refractivity contribution in [3.05, 3.63) is 29.6 Å². The van der Waals surface area contributed by atoms with Crippen LogP contribution in [0.5, 0.6) is 0 Å². The zero-order valence-electron chi connectivity index (χ0n) is 12.5. The normalized spacial score (nSPS) is 15.4. The highest BCUT2D eigenvalue weighted by Gasteiger charge is 2.20. The fourth-order valence-electron chi connectivity index (χ4n) is 2.09. The molecule has 0 atom stereocenters. The summed E-state index contributed by atoms with van der Waals surface area (Å²) in [5.74, 6) is 0.768. The molecule has 0 aromatic carbocycles. The van der Waals surface area contributed by atoms with Gasteiger partial charge >= 0.3 is 0 Å². The highest BCUT2D eigenvalue weighted by atomic mass is 15.1. The maximum atomic E-state index is 4.74. The Balaban J connectivity index is 1.79. The fourth-order valence-corrected chi connectivity index (χ4v) is 2.09. The van der Waals surface area contributed by atoms with E-state index >= 15 is 0 Å². The maximum absolute atomic E-state index is 4.74. The molecule has 1 aliphatic rings. The molecule has 1 aromatic heterocycles. The number of hydrogen-bond donors (Lipinski definition) is 1. The van der Waals surface area contributed by atoms with Gasteiger partial charge in [0.15, 0.2) is 0 Å². The molecule has 1 heterocycles. The predicted octanol–water partition coefficient (Wildman–Crippen LogP) is 2.81. The fraction of sp³-hybridized carbons (Fsp3) is 0.688. The highest BCUT2D eigenvalue weighted by Crippen LogP contribution is 2.19. The topological polar surface area (TPSA) is 28.2 Å². The van der Waals surface area contributed by atoms with Crippen molar-refractivity contribution in [1.29, 1.82) is 0 Å². The van der Waals surface area contributed by atoms with Gasteiger partial charge in [0.2, 0.25) is 0 Å². The SMILES string of the molecule is CC(C)CCN(C)Cc1cccc(CNC2CC2)n1. The quantitative estimate of drug-likeness (QED) is 0.780. The average Bonchev–Trinajstić information content (AvgIpc) is 3.18. The Kier molecular flexibility index (Phi) is 5.34. The first kappa shape index (κ1) is 14.5. The standard InChI is InChI=1S/C16H27N3/c1-13(2)9-10-19(3)12-16-6-4-5-15(18-16)11-17-14-7-8-14/h4-6,13-14,17H,7-12H2,1-3H3. The molecular weight excluding hydrogens is 234 g/mol. The third kappa shape index (κ3) is 5.70. The molecule has 0 saturated heterocycles. The van der Waals surface area contributed by atoms with E-state index in [1.54, 1.807) is 0 Å². The van der Waals surface area contributed by atoms with Gasteiger partial charge in [0.25, 0.3) is 0 Å². The van der Waals surface area contributed by atoms with Crippen molar-refractivity contribution in [3.63, 3.8) is 0 Å². The van der Waals surface area contributed by atoms with Crippen LogP contribution in [0.4, 0.5) is 0 Å². The van der Waals surface area contributed by atoms with Crippen molar-refractivity contribution in [1.82, 2.24) is 15.2 Å². The van der Waals surface area contributed by atoms with Gasteiger partial charge in [-0.15, -0.1) is 0 Å². The second-order valence-corrected chi connectivity index (χ2v) is 6.20. The summed E-state index contributed by atoms with van der Waals surface area (Å²) >= 11 is 0. The number of pyridine rings is 1. The second-order valence-electron chi connectivity index (χ2n) is 6.20. The molecule has 0 aliphatic heterocycles. The number of hydrogen-bond acceptors (Lipinski definition) is 3. The molecule has 2 rings (SSSR count). The molecule has 0 amide bonds. The van der Waals surface area contributed by atoms with Gasteiger partial charge in [-0.25, -0.2) is 0 Å². The molecule has 1 aliphatic carbocycles. The summed E-state index contributed by atoms with van der Waals surface area (Å²) in [6.07, 6.45) is 3.91. The van der Waals surface area contributed by atoms with E-state index < -0.39 is 0 Å². The first-order valence-corrected chi connectivity index (χ1v) is 7.50. The minimum Gasteiger partial charge on any atom is -0.308 e. The molecule has 0 bridgehead atoms. The number of nitrogens with one attached hydrogen (secondary N) is 1. The zero-order chi connectivity index (χ0) is 13.7. The lowest BCUT2D eigenvalue weighted by Gasteiger charge is -2.17. The van der Waals surface area contributed by atoms with E-state index in [2.05, 4.69) is 49.3 Å². The minimum absolute atomic E-state index is 0.749. The van der Waals surface area contributed by atoms with Crippen molar-refractivity contribution >= 4 is 0 Å². The van der Waals surface area contributed by atoms with E-state index in [1.807, 2.05) is 0 Å². The molecule has 1 N–H and O–H groups in total. The van der Waals surface area contributed by atoms with Gasteiger partial charge in [-0.3, -0.25) is 4.98 Å². The van der Waals surface area contributed by atoms with Gasteiger partial charge in [-0.05, 0) is 50.9 Å². The summed E-state index contributed by atoms with van der Waals surface area (Å²) in [4.78, 5) is 7.10. The van der Waals surface area contributed by atoms with E-state index in [9.17, 15) is 0 Å². The summed E-state index contributed by atoms with van der Waals surface area (Å²) in [5, 5.41) is 3.52. The molecule has 3 heteroatoms. The molecule has 0 radical (unpaired) electrons. The highest BCUT2D eigenvalue weighted by molar-refractivity contribution is 5.11. The zero-order valence-corrected chi connectivity index (χ0v) is 12.5. The number of aromatic nitrogens is 1. The summed E-state index contributed by atoms with van der Waals surface area (Å²) in [5.41, 5.74) is 2.35. The molecule has 1 fully saturated rings. The summed E-state index contributed by atoms with van der Waals surface area (Å²) < 4.78 is 0. The van der Waals surface area contributed by atoms with Crippen LogP contribution >= 0.6 is 0 Å². The monoisotopic (exact) mass is 261 g/mol. The average molecular weight is 261 g/mol. The van der Waals surface area contributed by atoms with Gasteiger partial charge in [0.1, 0.15) is 0 Å². The van der Waals surface area contributed by atoms with Crippen molar-refractivity contribution in [2.75, 3.05) is 13.6 Å². The van der Waals surface area contributed by atoms with E-state index in [0.29, 0.717) is 0 Å². The Morgan fingerprint density at radius 2 is 2.05 bits per heavy atom. The molecular formula is C16H27N3. The predicted molar refractivity (Wildman–Crippen MR) is 79.9 cm³/mol. The lowest BCUT2D eigenvalue weighted by Crippen LogP contribution is -2.22. The molecule has 1 aromatic rings. The van der Waals surface area contributed by atoms with E-state index in [-0.39, 0.29) is 0 Å². The van der Waals surface area contributed by atoms with Crippen LogP contribution in [0.3, 0.4) is 0 Å². The maximum Gasteiger partial charge on any atom is 0.0547 e. The lowest BCUT2D eigenvalue weighted by molar-refractivity contribution is 0.300. The number of nitrogens with zero attached hydrogens (tertiary/aromatic N) is 2. The van der Waals surface area contributed by atoms with E-state index in [1.165, 1.54) is 30.7 Å². The Bertz CT molecular complexity index is 385.